The maximum Gasteiger partial charge on any atom is 0.240 e. The number of ether oxygens (including phenoxy) is 2. The molecule has 0 amide bonds. The Bertz CT molecular complexity index is 643. The predicted octanol–water partition coefficient (Wildman–Crippen LogP) is 1.72. The van der Waals surface area contributed by atoms with Gasteiger partial charge >= 0.3 is 0 Å². The Morgan fingerprint density at radius 2 is 2.15 bits per heavy atom. The topological polar surface area (TPSA) is 70.3 Å². The summed E-state index contributed by atoms with van der Waals surface area (Å²) >= 11 is 0. The summed E-state index contributed by atoms with van der Waals surface area (Å²) in [6.45, 7) is 2.56. The summed E-state index contributed by atoms with van der Waals surface area (Å²) in [7, 11) is 1.59. The van der Waals surface area contributed by atoms with E-state index in [1.54, 1.807) is 19.5 Å². The molecule has 104 valence electrons. The minimum atomic E-state index is 0.0354. The van der Waals surface area contributed by atoms with Crippen LogP contribution in [-0.2, 0) is 6.42 Å². The van der Waals surface area contributed by atoms with E-state index >= 15 is 0 Å². The number of methoxy groups -OCH3 is 1. The average molecular weight is 271 g/mol. The molecule has 0 fully saturated rings. The highest BCUT2D eigenvalue weighted by Gasteiger charge is 2.27. The zero-order chi connectivity index (χ0) is 14.1. The lowest BCUT2D eigenvalue weighted by Crippen LogP contribution is -2.24. The second-order valence-corrected chi connectivity index (χ2v) is 4.89. The van der Waals surface area contributed by atoms with Gasteiger partial charge in [-0.3, -0.25) is 0 Å². The van der Waals surface area contributed by atoms with Crippen molar-refractivity contribution in [2.45, 2.75) is 19.4 Å². The minimum Gasteiger partial charge on any atom is -0.488 e. The van der Waals surface area contributed by atoms with Gasteiger partial charge in [-0.1, -0.05) is 6.07 Å². The van der Waals surface area contributed by atoms with Gasteiger partial charge in [0.25, 0.3) is 0 Å². The Morgan fingerprint density at radius 3 is 2.90 bits per heavy atom. The number of nitrogens with two attached hydrogens (primary N) is 1. The lowest BCUT2D eigenvalue weighted by atomic mass is 10.0. The molecule has 2 N–H and O–H groups in total. The fourth-order valence-electron chi connectivity index (χ4n) is 2.56. The number of aryl methyl sites for hydroxylation is 1. The van der Waals surface area contributed by atoms with Crippen LogP contribution in [-0.4, -0.2) is 29.7 Å². The van der Waals surface area contributed by atoms with E-state index in [9.17, 15) is 0 Å². The molecule has 20 heavy (non-hydrogen) atoms. The molecule has 2 heterocycles. The van der Waals surface area contributed by atoms with E-state index in [0.717, 1.165) is 23.3 Å². The highest BCUT2D eigenvalue weighted by atomic mass is 16.5. The summed E-state index contributed by atoms with van der Waals surface area (Å²) in [5, 5.41) is 0. The van der Waals surface area contributed by atoms with Crippen LogP contribution in [0.3, 0.4) is 0 Å². The van der Waals surface area contributed by atoms with E-state index in [0.29, 0.717) is 18.1 Å². The molecular formula is C15H17N3O2. The van der Waals surface area contributed by atoms with E-state index in [1.165, 1.54) is 5.56 Å². The van der Waals surface area contributed by atoms with Gasteiger partial charge in [0.05, 0.1) is 7.11 Å². The summed E-state index contributed by atoms with van der Waals surface area (Å²) in [6, 6.07) is 4.18. The van der Waals surface area contributed by atoms with Gasteiger partial charge in [-0.25, -0.2) is 9.97 Å². The van der Waals surface area contributed by atoms with Crippen molar-refractivity contribution >= 4 is 0 Å². The number of aromatic nitrogens is 2. The first-order valence-corrected chi connectivity index (χ1v) is 6.58. The first kappa shape index (κ1) is 12.9. The van der Waals surface area contributed by atoms with Crippen molar-refractivity contribution in [1.82, 2.24) is 9.97 Å². The number of hydrogen-bond donors (Lipinski definition) is 1. The van der Waals surface area contributed by atoms with E-state index < -0.39 is 0 Å². The fraction of sp³-hybridized carbons (Fsp3) is 0.333. The van der Waals surface area contributed by atoms with Gasteiger partial charge in [-0.2, -0.15) is 0 Å². The molecule has 0 aliphatic carbocycles. The molecule has 0 saturated carbocycles. The van der Waals surface area contributed by atoms with Crippen LogP contribution in [0.5, 0.6) is 11.6 Å². The smallest absolute Gasteiger partial charge is 0.240 e. The van der Waals surface area contributed by atoms with Gasteiger partial charge < -0.3 is 15.2 Å². The van der Waals surface area contributed by atoms with Crippen molar-refractivity contribution in [1.29, 1.82) is 0 Å². The van der Waals surface area contributed by atoms with Gasteiger partial charge in [0, 0.05) is 30.9 Å². The summed E-state index contributed by atoms with van der Waals surface area (Å²) in [5.74, 6) is 1.35. The monoisotopic (exact) mass is 271 g/mol. The minimum absolute atomic E-state index is 0.0354. The van der Waals surface area contributed by atoms with Gasteiger partial charge in [0.1, 0.15) is 17.5 Å². The Labute approximate surface area is 117 Å². The zero-order valence-corrected chi connectivity index (χ0v) is 11.6. The van der Waals surface area contributed by atoms with Crippen LogP contribution in [0.2, 0.25) is 0 Å². The van der Waals surface area contributed by atoms with Crippen molar-refractivity contribution in [2.24, 2.45) is 5.73 Å². The van der Waals surface area contributed by atoms with Crippen molar-refractivity contribution in [2.75, 3.05) is 13.7 Å². The van der Waals surface area contributed by atoms with Crippen molar-refractivity contribution in [3.05, 3.63) is 35.7 Å². The lowest BCUT2D eigenvalue weighted by molar-refractivity contribution is 0.242. The van der Waals surface area contributed by atoms with E-state index in [-0.39, 0.29) is 6.10 Å². The fourth-order valence-corrected chi connectivity index (χ4v) is 2.56. The van der Waals surface area contributed by atoms with Crippen LogP contribution >= 0.6 is 0 Å². The molecule has 1 atom stereocenters. The summed E-state index contributed by atoms with van der Waals surface area (Å²) in [4.78, 5) is 8.59. The molecule has 1 aliphatic rings. The maximum atomic E-state index is 5.95. The Balaban J connectivity index is 2.16. The average Bonchev–Trinajstić information content (AvgIpc) is 2.89. The van der Waals surface area contributed by atoms with E-state index in [4.69, 9.17) is 15.2 Å². The molecule has 0 saturated heterocycles. The van der Waals surface area contributed by atoms with Crippen LogP contribution in [0.25, 0.3) is 11.3 Å². The standard InChI is InChI=1S/C15H17N3O2/c1-9-5-10-7-11(8-16)20-14(10)12(6-9)13-15(19-2)18-4-3-17-13/h3-6,11H,7-8,16H2,1-2H3/t11-/m1/s1. The second-order valence-electron chi connectivity index (χ2n) is 4.89. The van der Waals surface area contributed by atoms with Crippen LogP contribution in [0.4, 0.5) is 0 Å². The molecular weight excluding hydrogens is 254 g/mol. The predicted molar refractivity (Wildman–Crippen MR) is 75.9 cm³/mol. The van der Waals surface area contributed by atoms with Crippen molar-refractivity contribution in [3.8, 4) is 22.9 Å². The Kier molecular flexibility index (Phi) is 3.28. The molecule has 0 unspecified atom stereocenters. The zero-order valence-electron chi connectivity index (χ0n) is 11.6. The van der Waals surface area contributed by atoms with Crippen LogP contribution in [0.1, 0.15) is 11.1 Å². The third kappa shape index (κ3) is 2.10. The molecule has 0 bridgehead atoms. The van der Waals surface area contributed by atoms with Crippen LogP contribution < -0.4 is 15.2 Å². The molecule has 3 rings (SSSR count). The van der Waals surface area contributed by atoms with Gasteiger partial charge in [0.15, 0.2) is 0 Å². The number of rotatable bonds is 3. The normalized spacial score (nSPS) is 16.6. The first-order valence-electron chi connectivity index (χ1n) is 6.58. The molecule has 1 aromatic carbocycles. The van der Waals surface area contributed by atoms with Crippen LogP contribution in [0.15, 0.2) is 24.5 Å². The van der Waals surface area contributed by atoms with Gasteiger partial charge in [-0.05, 0) is 24.1 Å². The van der Waals surface area contributed by atoms with Gasteiger partial charge in [-0.15, -0.1) is 0 Å². The summed E-state index contributed by atoms with van der Waals surface area (Å²) in [6.07, 6.45) is 4.14. The number of hydrogen-bond acceptors (Lipinski definition) is 5. The summed E-state index contributed by atoms with van der Waals surface area (Å²) in [5.41, 5.74) is 9.67. The number of nitrogens with zero attached hydrogens (tertiary/aromatic N) is 2. The first-order chi connectivity index (χ1) is 9.72. The van der Waals surface area contributed by atoms with Crippen molar-refractivity contribution < 1.29 is 9.47 Å². The summed E-state index contributed by atoms with van der Waals surface area (Å²) < 4.78 is 11.2. The molecule has 0 radical (unpaired) electrons. The largest absolute Gasteiger partial charge is 0.488 e. The molecule has 0 spiro atoms. The van der Waals surface area contributed by atoms with Gasteiger partial charge in [0.2, 0.25) is 5.88 Å². The van der Waals surface area contributed by atoms with E-state index in [2.05, 4.69) is 23.0 Å². The number of benzene rings is 1. The Morgan fingerprint density at radius 1 is 1.35 bits per heavy atom. The highest BCUT2D eigenvalue weighted by molar-refractivity contribution is 5.74. The lowest BCUT2D eigenvalue weighted by Gasteiger charge is -2.12. The maximum absolute atomic E-state index is 5.95. The molecule has 1 aliphatic heterocycles. The number of fused-ring (bicyclic) bond motifs is 1. The van der Waals surface area contributed by atoms with Crippen LogP contribution in [0, 0.1) is 6.92 Å². The highest BCUT2D eigenvalue weighted by Crippen LogP contribution is 2.41. The molecule has 5 heteroatoms. The quantitative estimate of drug-likeness (QED) is 0.920. The third-order valence-electron chi connectivity index (χ3n) is 3.42. The SMILES string of the molecule is COc1nccnc1-c1cc(C)cc2c1O[C@@H](CN)C2. The second kappa shape index (κ2) is 5.09. The molecule has 1 aromatic heterocycles. The molecule has 5 nitrogen and oxygen atoms in total. The van der Waals surface area contributed by atoms with Crippen molar-refractivity contribution in [3.63, 3.8) is 0 Å². The third-order valence-corrected chi connectivity index (χ3v) is 3.42. The Hall–Kier alpha value is -2.14. The molecule has 2 aromatic rings. The van der Waals surface area contributed by atoms with E-state index in [1.807, 2.05) is 6.07 Å².